The molecule has 1 amide bonds. The largest absolute Gasteiger partial charge is 0.384 e. The van der Waals surface area contributed by atoms with Gasteiger partial charge in [-0.25, -0.2) is 4.98 Å². The second kappa shape index (κ2) is 8.63. The van der Waals surface area contributed by atoms with Crippen LogP contribution in [0.25, 0.3) is 39.1 Å². The number of aromatic nitrogens is 5. The highest BCUT2D eigenvalue weighted by molar-refractivity contribution is 5.86. The number of nitrogens with zero attached hydrogens (tertiary/aromatic N) is 5. The number of piperidine rings is 1. The summed E-state index contributed by atoms with van der Waals surface area (Å²) in [6.45, 7) is 2.75. The second-order valence-electron chi connectivity index (χ2n) is 9.10. The summed E-state index contributed by atoms with van der Waals surface area (Å²) in [6, 6.07) is 16.2. The molecular weight excluding hydrogens is 440 g/mol. The number of aliphatic hydroxyl groups is 1. The van der Waals surface area contributed by atoms with E-state index in [4.69, 9.17) is 4.98 Å². The summed E-state index contributed by atoms with van der Waals surface area (Å²) in [5, 5.41) is 15.3. The Labute approximate surface area is 202 Å². The van der Waals surface area contributed by atoms with E-state index < -0.39 is 6.10 Å². The molecule has 8 heteroatoms. The quantitative estimate of drug-likeness (QED) is 0.417. The number of nitrogens with one attached hydrogen (secondary N) is 1. The lowest BCUT2D eigenvalue weighted by molar-refractivity contribution is -0.140. The van der Waals surface area contributed by atoms with Gasteiger partial charge in [0.1, 0.15) is 11.8 Å². The lowest BCUT2D eigenvalue weighted by Crippen LogP contribution is -2.42. The van der Waals surface area contributed by atoms with Crippen molar-refractivity contribution < 1.29 is 9.90 Å². The zero-order valence-corrected chi connectivity index (χ0v) is 19.4. The van der Waals surface area contributed by atoms with Crippen LogP contribution in [-0.2, 0) is 4.79 Å². The highest BCUT2D eigenvalue weighted by Crippen LogP contribution is 2.34. The zero-order chi connectivity index (χ0) is 23.9. The topological polar surface area (TPSA) is 99.4 Å². The third-order valence-corrected chi connectivity index (χ3v) is 6.88. The Morgan fingerprint density at radius 3 is 2.57 bits per heavy atom. The van der Waals surface area contributed by atoms with Crippen molar-refractivity contribution in [3.63, 3.8) is 0 Å². The number of carbonyl (C=O) groups is 1. The third kappa shape index (κ3) is 3.76. The molecule has 6 rings (SSSR count). The van der Waals surface area contributed by atoms with E-state index in [-0.39, 0.29) is 11.8 Å². The van der Waals surface area contributed by atoms with Crippen LogP contribution in [0.5, 0.6) is 0 Å². The highest BCUT2D eigenvalue weighted by atomic mass is 16.3. The van der Waals surface area contributed by atoms with E-state index in [1.165, 1.54) is 6.92 Å². The van der Waals surface area contributed by atoms with Gasteiger partial charge in [0.05, 0.1) is 17.6 Å². The van der Waals surface area contributed by atoms with Crippen LogP contribution in [0.2, 0.25) is 0 Å². The van der Waals surface area contributed by atoms with Crippen LogP contribution in [0.1, 0.15) is 31.4 Å². The normalized spacial score (nSPS) is 15.7. The molecule has 35 heavy (non-hydrogen) atoms. The van der Waals surface area contributed by atoms with Gasteiger partial charge >= 0.3 is 0 Å². The minimum atomic E-state index is -0.964. The van der Waals surface area contributed by atoms with Gasteiger partial charge < -0.3 is 15.0 Å². The number of hydrogen-bond acceptors (Lipinski definition) is 5. The lowest BCUT2D eigenvalue weighted by atomic mass is 9.91. The van der Waals surface area contributed by atoms with Crippen LogP contribution in [-0.4, -0.2) is 59.7 Å². The fourth-order valence-corrected chi connectivity index (χ4v) is 5.02. The molecule has 176 valence electrons. The van der Waals surface area contributed by atoms with Crippen LogP contribution >= 0.6 is 0 Å². The number of hydrogen-bond donors (Lipinski definition) is 2. The fourth-order valence-electron chi connectivity index (χ4n) is 5.02. The Balaban J connectivity index is 1.36. The second-order valence-corrected chi connectivity index (χ2v) is 9.10. The van der Waals surface area contributed by atoms with E-state index in [9.17, 15) is 9.90 Å². The number of pyridine rings is 1. The fraction of sp³-hybridized carbons (Fsp3) is 0.259. The summed E-state index contributed by atoms with van der Waals surface area (Å²) in [7, 11) is 0. The molecule has 8 nitrogen and oxygen atoms in total. The molecule has 2 N–H and O–H groups in total. The maximum atomic E-state index is 12.2. The molecule has 1 atom stereocenters. The van der Waals surface area contributed by atoms with Gasteiger partial charge in [-0.15, -0.1) is 0 Å². The van der Waals surface area contributed by atoms with Crippen LogP contribution in [0, 0.1) is 0 Å². The number of H-pyrrole nitrogens is 1. The van der Waals surface area contributed by atoms with Crippen molar-refractivity contribution in [2.45, 2.75) is 31.8 Å². The number of carbonyl (C=O) groups excluding carboxylic acids is 1. The van der Waals surface area contributed by atoms with Crippen molar-refractivity contribution in [2.75, 3.05) is 13.1 Å². The first kappa shape index (κ1) is 21.5. The maximum Gasteiger partial charge on any atom is 0.251 e. The Morgan fingerprint density at radius 2 is 1.86 bits per heavy atom. The predicted octanol–water partition coefficient (Wildman–Crippen LogP) is 4.03. The Morgan fingerprint density at radius 1 is 1.06 bits per heavy atom. The molecular formula is C27H26N6O2. The number of likely N-dealkylation sites (tertiary alicyclic amines) is 1. The van der Waals surface area contributed by atoms with Gasteiger partial charge in [-0.1, -0.05) is 36.4 Å². The van der Waals surface area contributed by atoms with E-state index in [2.05, 4.69) is 21.1 Å². The lowest BCUT2D eigenvalue weighted by Gasteiger charge is -2.32. The van der Waals surface area contributed by atoms with Gasteiger partial charge in [0.2, 0.25) is 0 Å². The van der Waals surface area contributed by atoms with Crippen molar-refractivity contribution in [1.29, 1.82) is 0 Å². The molecule has 1 unspecified atom stereocenters. The summed E-state index contributed by atoms with van der Waals surface area (Å²) in [4.78, 5) is 27.1. The Bertz CT molecular complexity index is 1500. The number of fused-ring (bicyclic) bond motifs is 3. The molecule has 0 spiro atoms. The van der Waals surface area contributed by atoms with E-state index in [1.54, 1.807) is 4.90 Å². The van der Waals surface area contributed by atoms with E-state index in [0.717, 1.165) is 57.6 Å². The monoisotopic (exact) mass is 466 g/mol. The minimum Gasteiger partial charge on any atom is -0.384 e. The standard InChI is InChI=1S/C27H26N6O2/c1-17(34)27(35)32-13-10-19(11-14-32)24-21-9-12-28-25(21)33-26(31-24)22(16-30-33)20-7-8-23(29-15-20)18-5-3-2-4-6-18/h2-9,12,15-17,19,28,34H,10-11,13-14H2,1H3. The Hall–Kier alpha value is -4.04. The minimum absolute atomic E-state index is 0.205. The number of rotatable bonds is 4. The number of aromatic amines is 1. The van der Waals surface area contributed by atoms with Crippen molar-refractivity contribution in [3.8, 4) is 22.4 Å². The number of aliphatic hydroxyl groups excluding tert-OH is 1. The molecule has 1 aliphatic rings. The van der Waals surface area contributed by atoms with Crippen molar-refractivity contribution in [1.82, 2.24) is 29.5 Å². The molecule has 0 bridgehead atoms. The molecule has 0 aliphatic carbocycles. The van der Waals surface area contributed by atoms with Gasteiger partial charge in [-0.05, 0) is 31.9 Å². The third-order valence-electron chi connectivity index (χ3n) is 6.88. The molecule has 4 aromatic heterocycles. The first-order chi connectivity index (χ1) is 17.1. The summed E-state index contributed by atoms with van der Waals surface area (Å²) < 4.78 is 1.85. The molecule has 0 radical (unpaired) electrons. The first-order valence-electron chi connectivity index (χ1n) is 11.9. The smallest absolute Gasteiger partial charge is 0.251 e. The molecule has 1 aromatic carbocycles. The van der Waals surface area contributed by atoms with Crippen molar-refractivity contribution in [3.05, 3.63) is 72.8 Å². The molecule has 1 saturated heterocycles. The molecule has 0 saturated carbocycles. The van der Waals surface area contributed by atoms with Gasteiger partial charge in [0.25, 0.3) is 5.91 Å². The SMILES string of the molecule is CC(O)C(=O)N1CCC(c2nc3c(-c4ccc(-c5ccccc5)nc4)cnn3c3[nH]ccc23)CC1. The summed E-state index contributed by atoms with van der Waals surface area (Å²) in [5.74, 6) is 0.0147. The van der Waals surface area contributed by atoms with Gasteiger partial charge in [0.15, 0.2) is 5.65 Å². The van der Waals surface area contributed by atoms with E-state index in [1.807, 2.05) is 65.6 Å². The van der Waals surface area contributed by atoms with Crippen molar-refractivity contribution >= 4 is 22.6 Å². The average Bonchev–Trinajstić information content (AvgIpc) is 3.56. The number of benzene rings is 1. The summed E-state index contributed by atoms with van der Waals surface area (Å²) in [5.41, 5.74) is 6.60. The zero-order valence-electron chi connectivity index (χ0n) is 19.4. The number of amides is 1. The summed E-state index contributed by atoms with van der Waals surface area (Å²) in [6.07, 6.45) is 6.28. The highest BCUT2D eigenvalue weighted by Gasteiger charge is 2.28. The predicted molar refractivity (Wildman–Crippen MR) is 134 cm³/mol. The van der Waals surface area contributed by atoms with Gasteiger partial charge in [0, 0.05) is 53.5 Å². The van der Waals surface area contributed by atoms with Crippen LogP contribution in [0.4, 0.5) is 0 Å². The van der Waals surface area contributed by atoms with Gasteiger partial charge in [-0.2, -0.15) is 9.61 Å². The first-order valence-corrected chi connectivity index (χ1v) is 11.9. The molecule has 1 aliphatic heterocycles. The molecule has 5 aromatic rings. The Kier molecular flexibility index (Phi) is 5.30. The van der Waals surface area contributed by atoms with E-state index >= 15 is 0 Å². The van der Waals surface area contributed by atoms with Crippen molar-refractivity contribution in [2.24, 2.45) is 0 Å². The van der Waals surface area contributed by atoms with Crippen LogP contribution < -0.4 is 0 Å². The average molecular weight is 467 g/mol. The van der Waals surface area contributed by atoms with Crippen LogP contribution in [0.3, 0.4) is 0 Å². The van der Waals surface area contributed by atoms with E-state index in [0.29, 0.717) is 13.1 Å². The molecule has 5 heterocycles. The molecule has 1 fully saturated rings. The summed E-state index contributed by atoms with van der Waals surface area (Å²) >= 11 is 0. The van der Waals surface area contributed by atoms with Gasteiger partial charge in [-0.3, -0.25) is 9.78 Å². The maximum absolute atomic E-state index is 12.2. The van der Waals surface area contributed by atoms with Crippen LogP contribution in [0.15, 0.2) is 67.1 Å².